The summed E-state index contributed by atoms with van der Waals surface area (Å²) in [5, 5.41) is 8.71. The molecule has 17 heavy (non-hydrogen) atoms. The summed E-state index contributed by atoms with van der Waals surface area (Å²) in [5.41, 5.74) is 1.32. The zero-order chi connectivity index (χ0) is 11.9. The van der Waals surface area contributed by atoms with E-state index in [1.54, 1.807) is 0 Å². The maximum absolute atomic E-state index is 8.71. The minimum absolute atomic E-state index is 0.575. The third-order valence-corrected chi connectivity index (χ3v) is 3.22. The van der Waals surface area contributed by atoms with Crippen LogP contribution in [0.5, 0.6) is 0 Å². The molecule has 1 aliphatic rings. The van der Waals surface area contributed by atoms with E-state index >= 15 is 0 Å². The first kappa shape index (κ1) is 11.9. The molecule has 0 unspecified atom stereocenters. The van der Waals surface area contributed by atoms with Gasteiger partial charge >= 0.3 is 0 Å². The minimum atomic E-state index is 0.575. The third-order valence-electron chi connectivity index (χ3n) is 3.22. The van der Waals surface area contributed by atoms with Gasteiger partial charge in [-0.25, -0.2) is 0 Å². The number of nitrogens with zero attached hydrogens (tertiary/aromatic N) is 3. The summed E-state index contributed by atoms with van der Waals surface area (Å²) in [6, 6.07) is 12.8. The van der Waals surface area contributed by atoms with Crippen molar-refractivity contribution in [2.45, 2.75) is 12.8 Å². The average molecular weight is 229 g/mol. The monoisotopic (exact) mass is 229 g/mol. The quantitative estimate of drug-likeness (QED) is 0.728. The van der Waals surface area contributed by atoms with Crippen LogP contribution in [0, 0.1) is 11.3 Å². The predicted molar refractivity (Wildman–Crippen MR) is 69.9 cm³/mol. The first-order valence-electron chi connectivity index (χ1n) is 6.29. The van der Waals surface area contributed by atoms with E-state index in [-0.39, 0.29) is 0 Å². The van der Waals surface area contributed by atoms with Gasteiger partial charge in [-0.2, -0.15) is 5.26 Å². The highest BCUT2D eigenvalue weighted by Gasteiger charge is 2.12. The molecule has 1 aromatic carbocycles. The number of rotatable bonds is 2. The van der Waals surface area contributed by atoms with Gasteiger partial charge in [-0.05, 0) is 25.0 Å². The molecule has 3 nitrogen and oxygen atoms in total. The zero-order valence-corrected chi connectivity index (χ0v) is 10.2. The first-order chi connectivity index (χ1) is 8.40. The average Bonchev–Trinajstić information content (AvgIpc) is 2.34. The maximum atomic E-state index is 8.71. The van der Waals surface area contributed by atoms with Gasteiger partial charge in [0.2, 0.25) is 0 Å². The zero-order valence-electron chi connectivity index (χ0n) is 10.2. The van der Waals surface area contributed by atoms with Gasteiger partial charge in [0.25, 0.3) is 0 Å². The van der Waals surface area contributed by atoms with Crippen LogP contribution in [0.25, 0.3) is 0 Å². The molecule has 0 aromatic heterocycles. The van der Waals surface area contributed by atoms with Gasteiger partial charge in [0.15, 0.2) is 0 Å². The number of nitriles is 1. The Bertz CT molecular complexity index is 359. The normalized spacial score (nSPS) is 18.2. The fourth-order valence-electron chi connectivity index (χ4n) is 2.35. The van der Waals surface area contributed by atoms with Gasteiger partial charge < -0.3 is 4.90 Å². The van der Waals surface area contributed by atoms with Gasteiger partial charge in [0.1, 0.15) is 0 Å². The van der Waals surface area contributed by atoms with E-state index in [1.807, 2.05) is 0 Å². The summed E-state index contributed by atoms with van der Waals surface area (Å²) in [5.74, 6) is 0. The molecule has 1 heterocycles. The summed E-state index contributed by atoms with van der Waals surface area (Å²) in [7, 11) is 0. The molecule has 3 heteroatoms. The lowest BCUT2D eigenvalue weighted by Crippen LogP contribution is -2.36. The van der Waals surface area contributed by atoms with Crippen LogP contribution in [-0.4, -0.2) is 37.6 Å². The van der Waals surface area contributed by atoms with Gasteiger partial charge in [-0.3, -0.25) is 4.90 Å². The Hall–Kier alpha value is -1.53. The number of para-hydroxylation sites is 1. The molecule has 0 N–H and O–H groups in total. The molecule has 0 bridgehead atoms. The number of hydrogen-bond acceptors (Lipinski definition) is 3. The summed E-state index contributed by atoms with van der Waals surface area (Å²) in [6.45, 7) is 4.83. The van der Waals surface area contributed by atoms with Crippen molar-refractivity contribution in [3.8, 4) is 6.07 Å². The van der Waals surface area contributed by atoms with Crippen LogP contribution >= 0.6 is 0 Å². The predicted octanol–water partition coefficient (Wildman–Crippen LogP) is 2.11. The molecule has 0 amide bonds. The van der Waals surface area contributed by atoms with E-state index in [2.05, 4.69) is 46.2 Å². The van der Waals surface area contributed by atoms with Crippen molar-refractivity contribution in [3.05, 3.63) is 30.3 Å². The van der Waals surface area contributed by atoms with Crippen LogP contribution in [0.2, 0.25) is 0 Å². The standard InChI is InChI=1S/C14H19N3/c15-8-13-16-9-4-11-17(12-5-10-16)14-6-2-1-3-7-14/h1-3,6-7H,4-5,9-13H2. The van der Waals surface area contributed by atoms with Crippen molar-refractivity contribution in [1.29, 1.82) is 5.26 Å². The molecule has 0 atom stereocenters. The van der Waals surface area contributed by atoms with Crippen LogP contribution in [-0.2, 0) is 0 Å². The number of benzene rings is 1. The molecule has 90 valence electrons. The second-order valence-corrected chi connectivity index (χ2v) is 4.46. The second kappa shape index (κ2) is 6.27. The molecular formula is C14H19N3. The number of hydrogen-bond donors (Lipinski definition) is 0. The molecule has 2 rings (SSSR count). The highest BCUT2D eigenvalue weighted by atomic mass is 15.2. The maximum Gasteiger partial charge on any atom is 0.0866 e. The van der Waals surface area contributed by atoms with Crippen LogP contribution in [0.15, 0.2) is 30.3 Å². The molecule has 0 saturated carbocycles. The summed E-state index contributed by atoms with van der Waals surface area (Å²) < 4.78 is 0. The van der Waals surface area contributed by atoms with Crippen LogP contribution in [0.4, 0.5) is 5.69 Å². The highest BCUT2D eigenvalue weighted by molar-refractivity contribution is 5.45. The van der Waals surface area contributed by atoms with Crippen molar-refractivity contribution in [2.24, 2.45) is 0 Å². The van der Waals surface area contributed by atoms with Crippen molar-refractivity contribution >= 4 is 5.69 Å². The van der Waals surface area contributed by atoms with E-state index in [1.165, 1.54) is 5.69 Å². The summed E-state index contributed by atoms with van der Waals surface area (Å²) in [6.07, 6.45) is 2.27. The molecule has 0 spiro atoms. The minimum Gasteiger partial charge on any atom is -0.371 e. The Morgan fingerprint density at radius 2 is 1.65 bits per heavy atom. The lowest BCUT2D eigenvalue weighted by Gasteiger charge is -2.30. The Labute approximate surface area is 103 Å². The second-order valence-electron chi connectivity index (χ2n) is 4.46. The molecule has 1 fully saturated rings. The van der Waals surface area contributed by atoms with Gasteiger partial charge in [0, 0.05) is 31.9 Å². The van der Waals surface area contributed by atoms with Crippen molar-refractivity contribution in [3.63, 3.8) is 0 Å². The number of anilines is 1. The fraction of sp³-hybridized carbons (Fsp3) is 0.500. The van der Waals surface area contributed by atoms with E-state index in [0.717, 1.165) is 39.0 Å². The van der Waals surface area contributed by atoms with Crippen molar-refractivity contribution in [1.82, 2.24) is 4.90 Å². The molecule has 0 aliphatic carbocycles. The van der Waals surface area contributed by atoms with Gasteiger partial charge in [-0.15, -0.1) is 0 Å². The van der Waals surface area contributed by atoms with Crippen LogP contribution in [0.1, 0.15) is 12.8 Å². The molecule has 1 saturated heterocycles. The van der Waals surface area contributed by atoms with Crippen molar-refractivity contribution < 1.29 is 0 Å². The Kier molecular flexibility index (Phi) is 4.40. The smallest absolute Gasteiger partial charge is 0.0866 e. The van der Waals surface area contributed by atoms with E-state index in [4.69, 9.17) is 5.26 Å². The molecular weight excluding hydrogens is 210 g/mol. The highest BCUT2D eigenvalue weighted by Crippen LogP contribution is 2.15. The molecule has 1 aliphatic heterocycles. The van der Waals surface area contributed by atoms with Crippen molar-refractivity contribution in [2.75, 3.05) is 37.6 Å². The molecule has 1 aromatic rings. The van der Waals surface area contributed by atoms with Gasteiger partial charge in [0.05, 0.1) is 12.6 Å². The van der Waals surface area contributed by atoms with E-state index < -0.39 is 0 Å². The summed E-state index contributed by atoms with van der Waals surface area (Å²) in [4.78, 5) is 4.70. The van der Waals surface area contributed by atoms with E-state index in [0.29, 0.717) is 6.54 Å². The SMILES string of the molecule is N#CCN1CCCN(c2ccccc2)CCC1. The Balaban J connectivity index is 1.91. The van der Waals surface area contributed by atoms with E-state index in [9.17, 15) is 0 Å². The first-order valence-corrected chi connectivity index (χ1v) is 6.29. The fourth-order valence-corrected chi connectivity index (χ4v) is 2.35. The van der Waals surface area contributed by atoms with Crippen LogP contribution in [0.3, 0.4) is 0 Å². The summed E-state index contributed by atoms with van der Waals surface area (Å²) >= 11 is 0. The Morgan fingerprint density at radius 3 is 2.24 bits per heavy atom. The largest absolute Gasteiger partial charge is 0.371 e. The van der Waals surface area contributed by atoms with Crippen LogP contribution < -0.4 is 4.90 Å². The van der Waals surface area contributed by atoms with Gasteiger partial charge in [-0.1, -0.05) is 18.2 Å². The third kappa shape index (κ3) is 3.47. The topological polar surface area (TPSA) is 30.3 Å². The lowest BCUT2D eigenvalue weighted by atomic mass is 10.2. The lowest BCUT2D eigenvalue weighted by molar-refractivity contribution is 0.288. The molecule has 0 radical (unpaired) electrons. The Morgan fingerprint density at radius 1 is 1.00 bits per heavy atom.